The van der Waals surface area contributed by atoms with Crippen LogP contribution in [-0.2, 0) is 6.54 Å². The summed E-state index contributed by atoms with van der Waals surface area (Å²) >= 11 is 19.1. The fraction of sp³-hybridized carbons (Fsp3) is 0.269. The van der Waals surface area contributed by atoms with Gasteiger partial charge < -0.3 is 4.42 Å². The highest BCUT2D eigenvalue weighted by Crippen LogP contribution is 2.38. The van der Waals surface area contributed by atoms with E-state index in [1.807, 2.05) is 30.3 Å². The molecule has 1 aliphatic rings. The van der Waals surface area contributed by atoms with Gasteiger partial charge in [-0.1, -0.05) is 66.2 Å². The normalized spacial score (nSPS) is 14.4. The molecule has 0 atom stereocenters. The van der Waals surface area contributed by atoms with E-state index in [0.717, 1.165) is 29.7 Å². The Morgan fingerprint density at radius 3 is 2.43 bits per heavy atom. The topological polar surface area (TPSA) is 87.4 Å². The molecule has 0 amide bonds. The number of nitrogens with zero attached hydrogens (tertiary/aromatic N) is 7. The Bertz CT molecular complexity index is 1520. The Balaban J connectivity index is 1.56. The maximum absolute atomic E-state index is 6.66. The summed E-state index contributed by atoms with van der Waals surface area (Å²) in [5.74, 6) is 1.29. The maximum Gasteiger partial charge on any atom is 0.268 e. The van der Waals surface area contributed by atoms with Gasteiger partial charge in [0.25, 0.3) is 5.89 Å². The van der Waals surface area contributed by atoms with Gasteiger partial charge in [-0.25, -0.2) is 14.3 Å². The fourth-order valence-electron chi connectivity index (χ4n) is 4.82. The summed E-state index contributed by atoms with van der Waals surface area (Å²) in [6, 6.07) is 12.9. The van der Waals surface area contributed by atoms with Crippen LogP contribution in [0.15, 0.2) is 59.5 Å². The molecular formula is C26H22Cl3N7O. The molecule has 37 heavy (non-hydrogen) atoms. The molecule has 1 fully saturated rings. The molecule has 0 spiro atoms. The van der Waals surface area contributed by atoms with Gasteiger partial charge in [-0.2, -0.15) is 10.2 Å². The van der Waals surface area contributed by atoms with Gasteiger partial charge in [-0.15, -0.1) is 10.2 Å². The average molecular weight is 555 g/mol. The molecule has 2 aromatic carbocycles. The van der Waals surface area contributed by atoms with E-state index in [1.54, 1.807) is 27.8 Å². The number of hydrogen-bond donors (Lipinski definition) is 0. The van der Waals surface area contributed by atoms with Crippen LogP contribution in [0.4, 0.5) is 0 Å². The molecule has 0 unspecified atom stereocenters. The zero-order valence-corrected chi connectivity index (χ0v) is 22.0. The maximum atomic E-state index is 6.66. The highest BCUT2D eigenvalue weighted by Gasteiger charge is 2.28. The molecule has 3 aromatic heterocycles. The Morgan fingerprint density at radius 2 is 1.70 bits per heavy atom. The smallest absolute Gasteiger partial charge is 0.268 e. The SMILES string of the molecule is Clc1ccc(-c2c(Cn3cncn3)c(-c3nnc(C4CCCCC4)o3)nn2-c2ccc(Cl)cc2Cl)cc1. The van der Waals surface area contributed by atoms with E-state index in [2.05, 4.69) is 20.3 Å². The highest BCUT2D eigenvalue weighted by molar-refractivity contribution is 6.35. The largest absolute Gasteiger partial charge is 0.419 e. The minimum Gasteiger partial charge on any atom is -0.419 e. The summed E-state index contributed by atoms with van der Waals surface area (Å²) in [5.41, 5.74) is 3.73. The molecule has 5 aromatic rings. The van der Waals surface area contributed by atoms with Crippen LogP contribution in [0.25, 0.3) is 28.5 Å². The molecule has 0 saturated heterocycles. The number of aromatic nitrogens is 7. The summed E-state index contributed by atoms with van der Waals surface area (Å²) in [6.07, 6.45) is 8.85. The second-order valence-electron chi connectivity index (χ2n) is 9.06. The molecule has 6 rings (SSSR count). The van der Waals surface area contributed by atoms with Crippen LogP contribution in [0, 0.1) is 0 Å². The molecule has 8 nitrogen and oxygen atoms in total. The van der Waals surface area contributed by atoms with E-state index >= 15 is 0 Å². The third-order valence-corrected chi connectivity index (χ3v) is 7.41. The van der Waals surface area contributed by atoms with E-state index < -0.39 is 0 Å². The zero-order valence-electron chi connectivity index (χ0n) is 19.7. The lowest BCUT2D eigenvalue weighted by atomic mass is 9.89. The van der Waals surface area contributed by atoms with Gasteiger partial charge in [-0.3, -0.25) is 0 Å². The third kappa shape index (κ3) is 4.89. The summed E-state index contributed by atoms with van der Waals surface area (Å²) in [6.45, 7) is 0.375. The Morgan fingerprint density at radius 1 is 0.919 bits per heavy atom. The van der Waals surface area contributed by atoms with Crippen molar-refractivity contribution in [3.05, 3.63) is 81.6 Å². The Kier molecular flexibility index (Phi) is 6.71. The van der Waals surface area contributed by atoms with Crippen LogP contribution >= 0.6 is 34.8 Å². The van der Waals surface area contributed by atoms with Gasteiger partial charge in [0.15, 0.2) is 5.69 Å². The Labute approximate surface area is 228 Å². The first kappa shape index (κ1) is 24.2. The van der Waals surface area contributed by atoms with E-state index in [0.29, 0.717) is 44.8 Å². The molecule has 0 aliphatic heterocycles. The lowest BCUT2D eigenvalue weighted by molar-refractivity contribution is 0.366. The summed E-state index contributed by atoms with van der Waals surface area (Å²) in [4.78, 5) is 4.11. The van der Waals surface area contributed by atoms with Gasteiger partial charge in [-0.05, 0) is 43.2 Å². The molecule has 0 N–H and O–H groups in total. The van der Waals surface area contributed by atoms with E-state index in [4.69, 9.17) is 44.3 Å². The standard InChI is InChI=1S/C26H22Cl3N7O/c27-18-8-6-16(7-9-18)24-20(13-35-15-30-14-31-35)23(34-36(24)22-11-10-19(28)12-21(22)29)26-33-32-25(37-26)17-4-2-1-3-5-17/h6-12,14-15,17H,1-5,13H2. The van der Waals surface area contributed by atoms with Gasteiger partial charge in [0.05, 0.1) is 22.9 Å². The third-order valence-electron chi connectivity index (χ3n) is 6.62. The first-order valence-corrected chi connectivity index (χ1v) is 13.2. The van der Waals surface area contributed by atoms with Gasteiger partial charge in [0.1, 0.15) is 12.7 Å². The van der Waals surface area contributed by atoms with Crippen molar-refractivity contribution in [2.24, 2.45) is 0 Å². The number of hydrogen-bond acceptors (Lipinski definition) is 6. The van der Waals surface area contributed by atoms with Crippen molar-refractivity contribution < 1.29 is 4.42 Å². The van der Waals surface area contributed by atoms with Gasteiger partial charge in [0, 0.05) is 27.1 Å². The van der Waals surface area contributed by atoms with Crippen LogP contribution in [0.5, 0.6) is 0 Å². The number of halogens is 3. The number of benzene rings is 2. The van der Waals surface area contributed by atoms with Gasteiger partial charge >= 0.3 is 0 Å². The van der Waals surface area contributed by atoms with E-state index in [9.17, 15) is 0 Å². The molecule has 1 saturated carbocycles. The summed E-state index contributed by atoms with van der Waals surface area (Å²) in [5, 5.41) is 19.8. The van der Waals surface area contributed by atoms with Crippen molar-refractivity contribution in [3.63, 3.8) is 0 Å². The molecule has 188 valence electrons. The fourth-order valence-corrected chi connectivity index (χ4v) is 5.44. The van der Waals surface area contributed by atoms with Crippen molar-refractivity contribution in [1.29, 1.82) is 0 Å². The van der Waals surface area contributed by atoms with E-state index in [1.165, 1.54) is 25.6 Å². The second kappa shape index (κ2) is 10.3. The van der Waals surface area contributed by atoms with Crippen LogP contribution in [0.3, 0.4) is 0 Å². The predicted molar refractivity (Wildman–Crippen MR) is 142 cm³/mol. The van der Waals surface area contributed by atoms with Crippen LogP contribution in [-0.4, -0.2) is 34.7 Å². The molecule has 11 heteroatoms. The molecule has 0 radical (unpaired) electrons. The second-order valence-corrected chi connectivity index (χ2v) is 10.3. The highest BCUT2D eigenvalue weighted by atomic mass is 35.5. The molecule has 3 heterocycles. The van der Waals surface area contributed by atoms with Crippen molar-refractivity contribution in [2.45, 2.75) is 44.6 Å². The van der Waals surface area contributed by atoms with Crippen molar-refractivity contribution in [3.8, 4) is 28.5 Å². The lowest BCUT2D eigenvalue weighted by Crippen LogP contribution is -2.04. The Hall–Kier alpha value is -3.20. The van der Waals surface area contributed by atoms with Crippen LogP contribution in [0.2, 0.25) is 15.1 Å². The average Bonchev–Trinajstić information content (AvgIpc) is 3.66. The van der Waals surface area contributed by atoms with Crippen LogP contribution in [0.1, 0.15) is 49.5 Å². The monoisotopic (exact) mass is 553 g/mol. The summed E-state index contributed by atoms with van der Waals surface area (Å²) < 4.78 is 9.77. The van der Waals surface area contributed by atoms with Crippen LogP contribution < -0.4 is 0 Å². The first-order chi connectivity index (χ1) is 18.1. The lowest BCUT2D eigenvalue weighted by Gasteiger charge is -2.17. The molecular weight excluding hydrogens is 533 g/mol. The van der Waals surface area contributed by atoms with Crippen molar-refractivity contribution in [1.82, 2.24) is 34.7 Å². The zero-order chi connectivity index (χ0) is 25.4. The quantitative estimate of drug-likeness (QED) is 0.220. The number of rotatable bonds is 6. The van der Waals surface area contributed by atoms with Crippen molar-refractivity contribution in [2.75, 3.05) is 0 Å². The predicted octanol–water partition coefficient (Wildman–Crippen LogP) is 7.24. The van der Waals surface area contributed by atoms with Crippen molar-refractivity contribution >= 4 is 34.8 Å². The minimum atomic E-state index is 0.275. The summed E-state index contributed by atoms with van der Waals surface area (Å²) in [7, 11) is 0. The van der Waals surface area contributed by atoms with Gasteiger partial charge in [0.2, 0.25) is 5.89 Å². The van der Waals surface area contributed by atoms with E-state index in [-0.39, 0.29) is 5.92 Å². The first-order valence-electron chi connectivity index (χ1n) is 12.1. The minimum absolute atomic E-state index is 0.275. The molecule has 1 aliphatic carbocycles. The molecule has 0 bridgehead atoms.